The summed E-state index contributed by atoms with van der Waals surface area (Å²) in [4.78, 5) is 10.9. The van der Waals surface area contributed by atoms with Gasteiger partial charge in [0.2, 0.25) is 5.91 Å². The van der Waals surface area contributed by atoms with Crippen LogP contribution >= 0.6 is 0 Å². The molecule has 0 aliphatic rings. The highest BCUT2D eigenvalue weighted by molar-refractivity contribution is 5.75. The molecular formula is C9H16N4O. The molecular weight excluding hydrogens is 180 g/mol. The van der Waals surface area contributed by atoms with Crippen molar-refractivity contribution in [2.45, 2.75) is 32.7 Å². The normalized spacial score (nSPS) is 12.5. The molecule has 0 fully saturated rings. The van der Waals surface area contributed by atoms with Gasteiger partial charge in [-0.15, -0.1) is 0 Å². The van der Waals surface area contributed by atoms with Crippen molar-refractivity contribution < 1.29 is 4.79 Å². The first-order valence-electron chi connectivity index (χ1n) is 4.64. The fourth-order valence-electron chi connectivity index (χ4n) is 1.22. The van der Waals surface area contributed by atoms with Crippen LogP contribution in [0.1, 0.15) is 31.5 Å². The van der Waals surface area contributed by atoms with Crippen LogP contribution in [-0.4, -0.2) is 15.7 Å². The van der Waals surface area contributed by atoms with Gasteiger partial charge in [-0.2, -0.15) is 5.10 Å². The van der Waals surface area contributed by atoms with Crippen molar-refractivity contribution in [2.75, 3.05) is 0 Å². The van der Waals surface area contributed by atoms with E-state index in [2.05, 4.69) is 10.5 Å². The summed E-state index contributed by atoms with van der Waals surface area (Å²) in [6.07, 6.45) is 3.08. The Kier molecular flexibility index (Phi) is 3.64. The van der Waals surface area contributed by atoms with E-state index >= 15 is 0 Å². The maximum absolute atomic E-state index is 10.9. The zero-order valence-electron chi connectivity index (χ0n) is 8.53. The lowest BCUT2D eigenvalue weighted by molar-refractivity contribution is -0.121. The van der Waals surface area contributed by atoms with Gasteiger partial charge in [0.15, 0.2) is 0 Å². The van der Waals surface area contributed by atoms with E-state index in [1.54, 1.807) is 0 Å². The number of nitrogens with two attached hydrogens (primary N) is 1. The van der Waals surface area contributed by atoms with Crippen LogP contribution in [0, 0.1) is 6.92 Å². The third-order valence-corrected chi connectivity index (χ3v) is 2.14. The molecule has 1 heterocycles. The van der Waals surface area contributed by atoms with Crippen LogP contribution in [0.25, 0.3) is 0 Å². The zero-order valence-corrected chi connectivity index (χ0v) is 8.53. The molecule has 0 aliphatic carbocycles. The summed E-state index contributed by atoms with van der Waals surface area (Å²) in [5.74, 6) is 4.84. The number of aromatic nitrogens is 2. The Labute approximate surface area is 83.2 Å². The van der Waals surface area contributed by atoms with Crippen LogP contribution in [0.4, 0.5) is 0 Å². The lowest BCUT2D eigenvalue weighted by atomic mass is 10.2. The van der Waals surface area contributed by atoms with Crippen molar-refractivity contribution in [2.24, 2.45) is 5.84 Å². The summed E-state index contributed by atoms with van der Waals surface area (Å²) in [6.45, 7) is 3.96. The van der Waals surface area contributed by atoms with E-state index in [-0.39, 0.29) is 11.9 Å². The largest absolute Gasteiger partial charge is 0.294 e. The quantitative estimate of drug-likeness (QED) is 0.419. The molecule has 0 saturated carbocycles. The first-order valence-corrected chi connectivity index (χ1v) is 4.64. The Bertz CT molecular complexity index is 308. The SMILES string of the molecule is Cc1ccn(C(C)CCC(=O)NN)n1. The molecule has 1 atom stereocenters. The van der Waals surface area contributed by atoms with Crippen molar-refractivity contribution in [1.82, 2.24) is 15.2 Å². The average molecular weight is 196 g/mol. The summed E-state index contributed by atoms with van der Waals surface area (Å²) < 4.78 is 1.86. The summed E-state index contributed by atoms with van der Waals surface area (Å²) in [7, 11) is 0. The molecule has 1 rings (SSSR count). The predicted octanol–water partition coefficient (Wildman–Crippen LogP) is 0.523. The maximum atomic E-state index is 10.9. The van der Waals surface area contributed by atoms with Crippen LogP contribution in [-0.2, 0) is 4.79 Å². The van der Waals surface area contributed by atoms with Gasteiger partial charge >= 0.3 is 0 Å². The summed E-state index contributed by atoms with van der Waals surface area (Å²) in [6, 6.07) is 2.17. The van der Waals surface area contributed by atoms with Crippen molar-refractivity contribution in [3.8, 4) is 0 Å². The van der Waals surface area contributed by atoms with Gasteiger partial charge in [-0.3, -0.25) is 14.9 Å². The molecule has 1 aromatic heterocycles. The van der Waals surface area contributed by atoms with Gasteiger partial charge in [0.05, 0.1) is 5.69 Å². The van der Waals surface area contributed by atoms with E-state index < -0.39 is 0 Å². The van der Waals surface area contributed by atoms with Crippen LogP contribution in [0.2, 0.25) is 0 Å². The summed E-state index contributed by atoms with van der Waals surface area (Å²) >= 11 is 0. The number of aryl methyl sites for hydroxylation is 1. The first-order chi connectivity index (χ1) is 6.63. The Morgan fingerprint density at radius 3 is 3.00 bits per heavy atom. The minimum atomic E-state index is -0.138. The van der Waals surface area contributed by atoms with Gasteiger partial charge in [0.1, 0.15) is 0 Å². The van der Waals surface area contributed by atoms with E-state index in [1.807, 2.05) is 30.8 Å². The third kappa shape index (κ3) is 2.85. The van der Waals surface area contributed by atoms with Crippen molar-refractivity contribution in [3.63, 3.8) is 0 Å². The molecule has 5 nitrogen and oxygen atoms in total. The molecule has 78 valence electrons. The molecule has 1 aromatic rings. The number of rotatable bonds is 4. The second-order valence-corrected chi connectivity index (χ2v) is 3.39. The predicted molar refractivity (Wildman–Crippen MR) is 53.2 cm³/mol. The summed E-state index contributed by atoms with van der Waals surface area (Å²) in [5, 5.41) is 4.27. The average Bonchev–Trinajstić information content (AvgIpc) is 2.60. The molecule has 0 aliphatic heterocycles. The Morgan fingerprint density at radius 2 is 2.50 bits per heavy atom. The number of amides is 1. The lowest BCUT2D eigenvalue weighted by Crippen LogP contribution is -2.30. The molecule has 3 N–H and O–H groups in total. The Balaban J connectivity index is 2.42. The van der Waals surface area contributed by atoms with Gasteiger partial charge in [0.25, 0.3) is 0 Å². The monoisotopic (exact) mass is 196 g/mol. The second kappa shape index (κ2) is 4.76. The minimum Gasteiger partial charge on any atom is -0.294 e. The van der Waals surface area contributed by atoms with Crippen molar-refractivity contribution in [3.05, 3.63) is 18.0 Å². The molecule has 1 unspecified atom stereocenters. The van der Waals surface area contributed by atoms with Crippen LogP contribution < -0.4 is 11.3 Å². The smallest absolute Gasteiger partial charge is 0.233 e. The number of carbonyl (C=O) groups is 1. The van der Waals surface area contributed by atoms with E-state index in [9.17, 15) is 4.79 Å². The maximum Gasteiger partial charge on any atom is 0.233 e. The Morgan fingerprint density at radius 1 is 1.79 bits per heavy atom. The number of nitrogens with zero attached hydrogens (tertiary/aromatic N) is 2. The van der Waals surface area contributed by atoms with E-state index in [0.717, 1.165) is 12.1 Å². The van der Waals surface area contributed by atoms with E-state index in [1.165, 1.54) is 0 Å². The number of hydrogen-bond acceptors (Lipinski definition) is 3. The fraction of sp³-hybridized carbons (Fsp3) is 0.556. The molecule has 5 heteroatoms. The van der Waals surface area contributed by atoms with Gasteiger partial charge < -0.3 is 0 Å². The number of hydrazine groups is 1. The standard InChI is InChI=1S/C9H16N4O/c1-7-5-6-13(12-7)8(2)3-4-9(14)11-10/h5-6,8H,3-4,10H2,1-2H3,(H,11,14). The second-order valence-electron chi connectivity index (χ2n) is 3.39. The molecule has 0 bridgehead atoms. The van der Waals surface area contributed by atoms with Crippen LogP contribution in [0.3, 0.4) is 0 Å². The molecule has 0 spiro atoms. The van der Waals surface area contributed by atoms with E-state index in [0.29, 0.717) is 6.42 Å². The first kappa shape index (κ1) is 10.7. The number of nitrogens with one attached hydrogen (secondary N) is 1. The lowest BCUT2D eigenvalue weighted by Gasteiger charge is -2.10. The van der Waals surface area contributed by atoms with Crippen LogP contribution in [0.5, 0.6) is 0 Å². The summed E-state index contributed by atoms with van der Waals surface area (Å²) in [5.41, 5.74) is 3.09. The molecule has 14 heavy (non-hydrogen) atoms. The minimum absolute atomic E-state index is 0.138. The van der Waals surface area contributed by atoms with Crippen LogP contribution in [0.15, 0.2) is 12.3 Å². The highest BCUT2D eigenvalue weighted by Crippen LogP contribution is 2.11. The van der Waals surface area contributed by atoms with Gasteiger partial charge in [-0.05, 0) is 26.3 Å². The number of hydrogen-bond donors (Lipinski definition) is 2. The highest BCUT2D eigenvalue weighted by atomic mass is 16.2. The van der Waals surface area contributed by atoms with Gasteiger partial charge in [-0.25, -0.2) is 5.84 Å². The third-order valence-electron chi connectivity index (χ3n) is 2.14. The van der Waals surface area contributed by atoms with Gasteiger partial charge in [0, 0.05) is 18.7 Å². The molecule has 1 amide bonds. The van der Waals surface area contributed by atoms with Crippen molar-refractivity contribution >= 4 is 5.91 Å². The van der Waals surface area contributed by atoms with E-state index in [4.69, 9.17) is 5.84 Å². The zero-order chi connectivity index (χ0) is 10.6. The molecule has 0 aromatic carbocycles. The topological polar surface area (TPSA) is 72.9 Å². The van der Waals surface area contributed by atoms with Gasteiger partial charge in [-0.1, -0.05) is 0 Å². The van der Waals surface area contributed by atoms with Crippen molar-refractivity contribution in [1.29, 1.82) is 0 Å². The highest BCUT2D eigenvalue weighted by Gasteiger charge is 2.07. The molecule has 0 saturated heterocycles. The molecule has 0 radical (unpaired) electrons. The number of carbonyl (C=O) groups excluding carboxylic acids is 1. The Hall–Kier alpha value is -1.36. The fourth-order valence-corrected chi connectivity index (χ4v) is 1.22.